The third-order valence-corrected chi connectivity index (χ3v) is 3.59. The van der Waals surface area contributed by atoms with E-state index in [1.54, 1.807) is 23.2 Å². The number of primary amides is 1. The second kappa shape index (κ2) is 6.00. The van der Waals surface area contributed by atoms with E-state index >= 15 is 0 Å². The summed E-state index contributed by atoms with van der Waals surface area (Å²) in [6, 6.07) is 3.41. The minimum Gasteiger partial charge on any atom is -0.388 e. The van der Waals surface area contributed by atoms with Crippen molar-refractivity contribution in [3.05, 3.63) is 30.1 Å². The Morgan fingerprint density at radius 1 is 1.50 bits per heavy atom. The number of piperidine rings is 1. The first-order valence-corrected chi connectivity index (χ1v) is 6.70. The number of likely N-dealkylation sites (tertiary alicyclic amines) is 1. The van der Waals surface area contributed by atoms with Crippen molar-refractivity contribution in [1.82, 2.24) is 9.88 Å². The summed E-state index contributed by atoms with van der Waals surface area (Å²) in [5.41, 5.74) is 4.60. The number of carbonyl (C=O) groups is 2. The molecule has 1 aromatic heterocycles. The van der Waals surface area contributed by atoms with Gasteiger partial charge in [-0.25, -0.2) is 0 Å². The molecular weight excluding hydrogens is 258 g/mol. The summed E-state index contributed by atoms with van der Waals surface area (Å²) in [7, 11) is 0. The van der Waals surface area contributed by atoms with Crippen molar-refractivity contribution >= 4 is 11.8 Å². The Morgan fingerprint density at radius 3 is 2.95 bits per heavy atom. The number of β-amino-alcohol motifs (C(OH)–C–C–N with tert-alkyl or cyclic N) is 1. The fourth-order valence-corrected chi connectivity index (χ4v) is 2.52. The fourth-order valence-electron chi connectivity index (χ4n) is 2.52. The summed E-state index contributed by atoms with van der Waals surface area (Å²) in [5.74, 6) is -0.579. The van der Waals surface area contributed by atoms with Crippen molar-refractivity contribution in [2.45, 2.75) is 31.3 Å². The van der Waals surface area contributed by atoms with E-state index in [-0.39, 0.29) is 18.9 Å². The molecule has 0 aromatic carbocycles. The lowest BCUT2D eigenvalue weighted by atomic mass is 9.88. The molecular formula is C14H19N3O3. The van der Waals surface area contributed by atoms with E-state index in [2.05, 4.69) is 4.98 Å². The van der Waals surface area contributed by atoms with E-state index in [1.807, 2.05) is 0 Å². The molecule has 0 aliphatic carbocycles. The van der Waals surface area contributed by atoms with Crippen molar-refractivity contribution in [1.29, 1.82) is 0 Å². The zero-order valence-electron chi connectivity index (χ0n) is 11.3. The molecule has 20 heavy (non-hydrogen) atoms. The number of amides is 2. The Bertz CT molecular complexity index is 492. The van der Waals surface area contributed by atoms with Gasteiger partial charge in [0.25, 0.3) is 5.91 Å². The van der Waals surface area contributed by atoms with Crippen molar-refractivity contribution in [3.8, 4) is 0 Å². The lowest BCUT2D eigenvalue weighted by molar-refractivity contribution is -0.120. The number of nitrogens with two attached hydrogens (primary N) is 1. The molecule has 0 spiro atoms. The smallest absolute Gasteiger partial charge is 0.255 e. The Hall–Kier alpha value is -1.95. The highest BCUT2D eigenvalue weighted by Crippen LogP contribution is 2.26. The standard InChI is InChI=1S/C14H19N3O3/c15-12(18)4-6-14(20)5-2-8-17(10-14)13(19)11-3-1-7-16-9-11/h1,3,7,9,20H,2,4-6,8,10H2,(H2,15,18)/t14-/m0/s1. The maximum absolute atomic E-state index is 12.3. The fraction of sp³-hybridized carbons (Fsp3) is 0.500. The number of hydrogen-bond donors (Lipinski definition) is 2. The van der Waals surface area contributed by atoms with Crippen LogP contribution in [-0.2, 0) is 4.79 Å². The molecule has 1 aliphatic heterocycles. The normalized spacial score (nSPS) is 22.6. The maximum Gasteiger partial charge on any atom is 0.255 e. The average Bonchev–Trinajstić information content (AvgIpc) is 2.45. The van der Waals surface area contributed by atoms with E-state index in [9.17, 15) is 14.7 Å². The quantitative estimate of drug-likeness (QED) is 0.828. The Balaban J connectivity index is 2.03. The zero-order valence-corrected chi connectivity index (χ0v) is 11.3. The minimum absolute atomic E-state index is 0.130. The second-order valence-corrected chi connectivity index (χ2v) is 5.26. The van der Waals surface area contributed by atoms with E-state index in [0.717, 1.165) is 0 Å². The van der Waals surface area contributed by atoms with Gasteiger partial charge in [-0.1, -0.05) is 0 Å². The number of rotatable bonds is 4. The largest absolute Gasteiger partial charge is 0.388 e. The summed E-state index contributed by atoms with van der Waals surface area (Å²) < 4.78 is 0. The van der Waals surface area contributed by atoms with Gasteiger partial charge in [-0.2, -0.15) is 0 Å². The molecule has 2 amide bonds. The third kappa shape index (κ3) is 3.54. The molecule has 3 N–H and O–H groups in total. The van der Waals surface area contributed by atoms with Crippen LogP contribution in [-0.4, -0.2) is 45.5 Å². The number of aromatic nitrogens is 1. The predicted octanol–water partition coefficient (Wildman–Crippen LogP) is 0.314. The number of aliphatic hydroxyl groups is 1. The first-order chi connectivity index (χ1) is 9.50. The zero-order chi connectivity index (χ0) is 14.6. The Kier molecular flexibility index (Phi) is 4.34. The molecule has 1 atom stereocenters. The van der Waals surface area contributed by atoms with Gasteiger partial charge in [0.1, 0.15) is 0 Å². The van der Waals surface area contributed by atoms with Crippen LogP contribution in [0.3, 0.4) is 0 Å². The van der Waals surface area contributed by atoms with E-state index in [0.29, 0.717) is 31.4 Å². The van der Waals surface area contributed by atoms with Crippen LogP contribution in [0.5, 0.6) is 0 Å². The molecule has 2 heterocycles. The van der Waals surface area contributed by atoms with E-state index in [1.165, 1.54) is 6.20 Å². The summed E-state index contributed by atoms with van der Waals surface area (Å²) in [4.78, 5) is 28.7. The second-order valence-electron chi connectivity index (χ2n) is 5.26. The van der Waals surface area contributed by atoms with Gasteiger partial charge in [0, 0.05) is 31.9 Å². The summed E-state index contributed by atoms with van der Waals surface area (Å²) in [5, 5.41) is 10.5. The van der Waals surface area contributed by atoms with Gasteiger partial charge in [-0.3, -0.25) is 14.6 Å². The maximum atomic E-state index is 12.3. The monoisotopic (exact) mass is 277 g/mol. The number of hydrogen-bond acceptors (Lipinski definition) is 4. The molecule has 6 nitrogen and oxygen atoms in total. The van der Waals surface area contributed by atoms with Crippen LogP contribution in [0.4, 0.5) is 0 Å². The SMILES string of the molecule is NC(=O)CC[C@@]1(O)CCCN(C(=O)c2cccnc2)C1. The van der Waals surface area contributed by atoms with Crippen LogP contribution in [0.2, 0.25) is 0 Å². The molecule has 1 aromatic rings. The molecule has 1 fully saturated rings. The van der Waals surface area contributed by atoms with E-state index < -0.39 is 11.5 Å². The first kappa shape index (κ1) is 14.5. The van der Waals surface area contributed by atoms with Gasteiger partial charge in [-0.05, 0) is 31.4 Å². The highest BCUT2D eigenvalue weighted by atomic mass is 16.3. The first-order valence-electron chi connectivity index (χ1n) is 6.70. The molecule has 2 rings (SSSR count). The molecule has 0 unspecified atom stereocenters. The van der Waals surface area contributed by atoms with Crippen molar-refractivity contribution < 1.29 is 14.7 Å². The van der Waals surface area contributed by atoms with Crippen molar-refractivity contribution in [2.75, 3.05) is 13.1 Å². The third-order valence-electron chi connectivity index (χ3n) is 3.59. The highest BCUT2D eigenvalue weighted by Gasteiger charge is 2.35. The van der Waals surface area contributed by atoms with Crippen LogP contribution in [0, 0.1) is 0 Å². The predicted molar refractivity (Wildman–Crippen MR) is 72.8 cm³/mol. The molecule has 1 aliphatic rings. The van der Waals surface area contributed by atoms with Crippen LogP contribution < -0.4 is 5.73 Å². The van der Waals surface area contributed by atoms with Gasteiger partial charge in [0.15, 0.2) is 0 Å². The minimum atomic E-state index is -1.02. The highest BCUT2D eigenvalue weighted by molar-refractivity contribution is 5.94. The Morgan fingerprint density at radius 2 is 2.30 bits per heavy atom. The van der Waals surface area contributed by atoms with Gasteiger partial charge in [0.2, 0.25) is 5.91 Å². The molecule has 0 saturated carbocycles. The number of carbonyl (C=O) groups excluding carboxylic acids is 2. The molecule has 0 radical (unpaired) electrons. The van der Waals surface area contributed by atoms with Crippen LogP contribution in [0.15, 0.2) is 24.5 Å². The van der Waals surface area contributed by atoms with Gasteiger partial charge in [-0.15, -0.1) is 0 Å². The Labute approximate surface area is 117 Å². The molecule has 1 saturated heterocycles. The number of pyridine rings is 1. The van der Waals surface area contributed by atoms with Gasteiger partial charge >= 0.3 is 0 Å². The average molecular weight is 277 g/mol. The lowest BCUT2D eigenvalue weighted by Crippen LogP contribution is -2.50. The molecule has 6 heteroatoms. The number of nitrogens with zero attached hydrogens (tertiary/aromatic N) is 2. The lowest BCUT2D eigenvalue weighted by Gasteiger charge is -2.39. The van der Waals surface area contributed by atoms with Crippen LogP contribution >= 0.6 is 0 Å². The summed E-state index contributed by atoms with van der Waals surface area (Å²) in [6.07, 6.45) is 4.83. The molecule has 0 bridgehead atoms. The summed E-state index contributed by atoms with van der Waals surface area (Å²) >= 11 is 0. The summed E-state index contributed by atoms with van der Waals surface area (Å²) in [6.45, 7) is 0.834. The van der Waals surface area contributed by atoms with Crippen molar-refractivity contribution in [3.63, 3.8) is 0 Å². The van der Waals surface area contributed by atoms with Crippen molar-refractivity contribution in [2.24, 2.45) is 5.73 Å². The van der Waals surface area contributed by atoms with Crippen LogP contribution in [0.25, 0.3) is 0 Å². The molecule has 108 valence electrons. The van der Waals surface area contributed by atoms with Gasteiger partial charge in [0.05, 0.1) is 11.2 Å². The topological polar surface area (TPSA) is 96.5 Å². The van der Waals surface area contributed by atoms with Gasteiger partial charge < -0.3 is 15.7 Å². The van der Waals surface area contributed by atoms with E-state index in [4.69, 9.17) is 5.73 Å². The van der Waals surface area contributed by atoms with Crippen LogP contribution in [0.1, 0.15) is 36.0 Å².